The first-order valence-electron chi connectivity index (χ1n) is 7.27. The van der Waals surface area contributed by atoms with Crippen molar-refractivity contribution in [1.29, 1.82) is 0 Å². The molecule has 24 heavy (non-hydrogen) atoms. The molecule has 0 aliphatic rings. The monoisotopic (exact) mass is 358 g/mol. The zero-order chi connectivity index (χ0) is 16.9. The van der Waals surface area contributed by atoms with E-state index in [1.165, 1.54) is 11.8 Å². The van der Waals surface area contributed by atoms with Gasteiger partial charge in [-0.2, -0.15) is 0 Å². The first kappa shape index (κ1) is 16.6. The maximum Gasteiger partial charge on any atom is 0.287 e. The van der Waals surface area contributed by atoms with Gasteiger partial charge in [0, 0.05) is 28.9 Å². The third-order valence-corrected chi connectivity index (χ3v) is 4.69. The lowest BCUT2D eigenvalue weighted by atomic mass is 10.2. The van der Waals surface area contributed by atoms with Gasteiger partial charge in [0.25, 0.3) is 5.56 Å². The Hall–Kier alpha value is -2.24. The van der Waals surface area contributed by atoms with Crippen LogP contribution in [0.25, 0.3) is 5.69 Å². The second-order valence-corrected chi connectivity index (χ2v) is 6.42. The van der Waals surface area contributed by atoms with E-state index >= 15 is 0 Å². The number of benzene rings is 2. The Morgan fingerprint density at radius 1 is 1.21 bits per heavy atom. The summed E-state index contributed by atoms with van der Waals surface area (Å²) >= 11 is 7.38. The van der Waals surface area contributed by atoms with Crippen LogP contribution in [0.15, 0.2) is 70.7 Å². The van der Waals surface area contributed by atoms with E-state index < -0.39 is 0 Å². The lowest BCUT2D eigenvalue weighted by Crippen LogP contribution is -2.20. The maximum absolute atomic E-state index is 12.6. The number of aromatic nitrogens is 2. The third kappa shape index (κ3) is 3.80. The summed E-state index contributed by atoms with van der Waals surface area (Å²) in [5.41, 5.74) is 1.68. The Balaban J connectivity index is 1.83. The summed E-state index contributed by atoms with van der Waals surface area (Å²) in [6, 6.07) is 14.9. The molecule has 3 rings (SSSR count). The van der Waals surface area contributed by atoms with E-state index in [1.54, 1.807) is 24.1 Å². The number of thioether (sulfide) groups is 1. The van der Waals surface area contributed by atoms with Crippen LogP contribution in [0.2, 0.25) is 5.02 Å². The average Bonchev–Trinajstić information content (AvgIpc) is 2.61. The molecule has 0 aliphatic heterocycles. The number of hydrogen-bond acceptors (Lipinski definition) is 4. The average molecular weight is 359 g/mol. The van der Waals surface area contributed by atoms with Crippen LogP contribution < -0.4 is 10.3 Å². The number of halogens is 1. The molecular weight excluding hydrogens is 344 g/mol. The highest BCUT2D eigenvalue weighted by molar-refractivity contribution is 7.98. The van der Waals surface area contributed by atoms with Crippen LogP contribution >= 0.6 is 23.4 Å². The van der Waals surface area contributed by atoms with Crippen molar-refractivity contribution in [1.82, 2.24) is 9.55 Å². The van der Waals surface area contributed by atoms with E-state index in [0.29, 0.717) is 15.8 Å². The summed E-state index contributed by atoms with van der Waals surface area (Å²) < 4.78 is 6.72. The van der Waals surface area contributed by atoms with Crippen LogP contribution in [0.4, 0.5) is 0 Å². The molecule has 0 saturated heterocycles. The predicted molar refractivity (Wildman–Crippen MR) is 97.4 cm³/mol. The number of rotatable bonds is 5. The number of hydrogen-bond donors (Lipinski definition) is 0. The van der Waals surface area contributed by atoms with Gasteiger partial charge in [0.05, 0.1) is 7.11 Å². The minimum atomic E-state index is -0.144. The minimum Gasteiger partial charge on any atom is -0.497 e. The molecule has 0 bridgehead atoms. The van der Waals surface area contributed by atoms with Crippen molar-refractivity contribution in [2.75, 3.05) is 7.11 Å². The fraction of sp³-hybridized carbons (Fsp3) is 0.111. The topological polar surface area (TPSA) is 44.1 Å². The summed E-state index contributed by atoms with van der Waals surface area (Å²) in [6.07, 6.45) is 3.29. The van der Waals surface area contributed by atoms with Gasteiger partial charge >= 0.3 is 0 Å². The number of ether oxygens (including phenoxy) is 1. The molecule has 0 amide bonds. The zero-order valence-electron chi connectivity index (χ0n) is 13.0. The predicted octanol–water partition coefficient (Wildman–Crippen LogP) is 4.19. The standard InChI is InChI=1S/C18H15ClN2O2S/c1-23-16-7-5-15(6-8-16)21-10-9-20-17(18(21)22)24-12-13-3-2-4-14(19)11-13/h2-11H,12H2,1H3. The number of methoxy groups -OCH3 is 1. The molecule has 0 radical (unpaired) electrons. The quantitative estimate of drug-likeness (QED) is 0.641. The van der Waals surface area contributed by atoms with Crippen molar-refractivity contribution in [3.05, 3.63) is 81.9 Å². The molecule has 0 atom stereocenters. The summed E-state index contributed by atoms with van der Waals surface area (Å²) in [7, 11) is 1.61. The van der Waals surface area contributed by atoms with Crippen LogP contribution in [0, 0.1) is 0 Å². The number of nitrogens with zero attached hydrogens (tertiary/aromatic N) is 2. The van der Waals surface area contributed by atoms with Gasteiger partial charge in [-0.25, -0.2) is 4.98 Å². The highest BCUT2D eigenvalue weighted by atomic mass is 35.5. The van der Waals surface area contributed by atoms with Crippen LogP contribution in [0.3, 0.4) is 0 Å². The fourth-order valence-electron chi connectivity index (χ4n) is 2.22. The van der Waals surface area contributed by atoms with Crippen molar-refractivity contribution >= 4 is 23.4 Å². The van der Waals surface area contributed by atoms with Crippen LogP contribution in [-0.4, -0.2) is 16.7 Å². The maximum atomic E-state index is 12.6. The van der Waals surface area contributed by atoms with E-state index in [2.05, 4.69) is 4.98 Å². The van der Waals surface area contributed by atoms with Gasteiger partial charge in [-0.15, -0.1) is 0 Å². The van der Waals surface area contributed by atoms with Crippen molar-refractivity contribution in [3.8, 4) is 11.4 Å². The van der Waals surface area contributed by atoms with Crippen molar-refractivity contribution in [3.63, 3.8) is 0 Å². The van der Waals surface area contributed by atoms with Crippen molar-refractivity contribution < 1.29 is 4.74 Å². The Kier molecular flexibility index (Phi) is 5.23. The van der Waals surface area contributed by atoms with Crippen LogP contribution in [0.5, 0.6) is 5.75 Å². The first-order valence-corrected chi connectivity index (χ1v) is 8.63. The first-order chi connectivity index (χ1) is 11.7. The summed E-state index contributed by atoms with van der Waals surface area (Å²) in [6.45, 7) is 0. The SMILES string of the molecule is COc1ccc(-n2ccnc(SCc3cccc(Cl)c3)c2=O)cc1. The largest absolute Gasteiger partial charge is 0.497 e. The second-order valence-electron chi connectivity index (χ2n) is 5.02. The molecule has 4 nitrogen and oxygen atoms in total. The Labute approximate surface area is 149 Å². The summed E-state index contributed by atoms with van der Waals surface area (Å²) in [5, 5.41) is 1.14. The van der Waals surface area contributed by atoms with Crippen molar-refractivity contribution in [2.45, 2.75) is 10.8 Å². The van der Waals surface area contributed by atoms with E-state index in [9.17, 15) is 4.79 Å². The second kappa shape index (κ2) is 7.55. The van der Waals surface area contributed by atoms with Gasteiger partial charge in [-0.05, 0) is 42.0 Å². The molecule has 0 aliphatic carbocycles. The van der Waals surface area contributed by atoms with Crippen LogP contribution in [0.1, 0.15) is 5.56 Å². The van der Waals surface area contributed by atoms with Gasteiger partial charge in [-0.3, -0.25) is 9.36 Å². The van der Waals surface area contributed by atoms with E-state index in [4.69, 9.17) is 16.3 Å². The zero-order valence-corrected chi connectivity index (χ0v) is 14.6. The molecule has 0 spiro atoms. The molecular formula is C18H15ClN2O2S. The normalized spacial score (nSPS) is 10.6. The van der Waals surface area contributed by atoms with Gasteiger partial charge in [0.2, 0.25) is 0 Å². The molecule has 0 N–H and O–H groups in total. The molecule has 1 aromatic heterocycles. The highest BCUT2D eigenvalue weighted by Crippen LogP contribution is 2.21. The van der Waals surface area contributed by atoms with Gasteiger partial charge in [0.1, 0.15) is 5.75 Å². The van der Waals surface area contributed by atoms with Crippen LogP contribution in [-0.2, 0) is 5.75 Å². The van der Waals surface area contributed by atoms with Gasteiger partial charge in [0.15, 0.2) is 5.03 Å². The molecule has 2 aromatic carbocycles. The molecule has 0 unspecified atom stereocenters. The third-order valence-electron chi connectivity index (χ3n) is 3.42. The smallest absolute Gasteiger partial charge is 0.287 e. The van der Waals surface area contributed by atoms with E-state index in [1.807, 2.05) is 48.5 Å². The lowest BCUT2D eigenvalue weighted by Gasteiger charge is -2.08. The molecule has 3 aromatic rings. The molecule has 0 fully saturated rings. The fourth-order valence-corrected chi connectivity index (χ4v) is 3.27. The summed E-state index contributed by atoms with van der Waals surface area (Å²) in [5.74, 6) is 1.38. The Morgan fingerprint density at radius 3 is 2.71 bits per heavy atom. The molecule has 122 valence electrons. The minimum absolute atomic E-state index is 0.144. The van der Waals surface area contributed by atoms with E-state index in [-0.39, 0.29) is 5.56 Å². The molecule has 0 saturated carbocycles. The Morgan fingerprint density at radius 2 is 2.00 bits per heavy atom. The van der Waals surface area contributed by atoms with Gasteiger partial charge in [-0.1, -0.05) is 35.5 Å². The van der Waals surface area contributed by atoms with E-state index in [0.717, 1.165) is 17.0 Å². The van der Waals surface area contributed by atoms with Gasteiger partial charge < -0.3 is 4.74 Å². The molecule has 1 heterocycles. The lowest BCUT2D eigenvalue weighted by molar-refractivity contribution is 0.414. The molecule has 6 heteroatoms. The highest BCUT2D eigenvalue weighted by Gasteiger charge is 2.08. The Bertz CT molecular complexity index is 894. The summed E-state index contributed by atoms with van der Waals surface area (Å²) in [4.78, 5) is 16.8. The van der Waals surface area contributed by atoms with Crippen molar-refractivity contribution in [2.24, 2.45) is 0 Å².